The zero-order valence-corrected chi connectivity index (χ0v) is 8.90. The summed E-state index contributed by atoms with van der Waals surface area (Å²) in [5.74, 6) is 0. The van der Waals surface area contributed by atoms with Crippen LogP contribution in [0.2, 0.25) is 0 Å². The number of aliphatic hydroxyl groups is 1. The fourth-order valence-electron chi connectivity index (χ4n) is 1.84. The van der Waals surface area contributed by atoms with Crippen molar-refractivity contribution in [2.24, 2.45) is 7.05 Å². The van der Waals surface area contributed by atoms with E-state index < -0.39 is 0 Å². The van der Waals surface area contributed by atoms with Crippen molar-refractivity contribution >= 4 is 11.0 Å². The van der Waals surface area contributed by atoms with Crippen molar-refractivity contribution in [2.45, 2.75) is 13.5 Å². The number of aliphatic hydroxyl groups excluding tert-OH is 1. The lowest BCUT2D eigenvalue weighted by Gasteiger charge is -2.00. The number of benzene rings is 1. The first-order valence-corrected chi connectivity index (χ1v) is 4.92. The molecule has 0 radical (unpaired) electrons. The molecule has 0 unspecified atom stereocenters. The topological polar surface area (TPSA) is 47.2 Å². The molecule has 0 saturated carbocycles. The van der Waals surface area contributed by atoms with Crippen LogP contribution in [0.25, 0.3) is 11.0 Å². The largest absolute Gasteiger partial charge is 0.395 e. The van der Waals surface area contributed by atoms with Crippen LogP contribution in [0.15, 0.2) is 23.0 Å². The van der Waals surface area contributed by atoms with Gasteiger partial charge in [-0.2, -0.15) is 0 Å². The number of hydrogen-bond donors (Lipinski definition) is 1. The maximum atomic E-state index is 11.8. The minimum absolute atomic E-state index is 0.0209. The van der Waals surface area contributed by atoms with Gasteiger partial charge >= 0.3 is 5.69 Å². The molecule has 1 aromatic heterocycles. The molecule has 0 bridgehead atoms. The quantitative estimate of drug-likeness (QED) is 0.783. The minimum atomic E-state index is -0.0790. The number of hydrogen-bond acceptors (Lipinski definition) is 2. The van der Waals surface area contributed by atoms with E-state index in [1.165, 1.54) is 0 Å². The van der Waals surface area contributed by atoms with Crippen LogP contribution >= 0.6 is 0 Å². The highest BCUT2D eigenvalue weighted by Gasteiger charge is 2.09. The third-order valence-corrected chi connectivity index (χ3v) is 2.62. The van der Waals surface area contributed by atoms with Crippen molar-refractivity contribution in [1.82, 2.24) is 9.13 Å². The van der Waals surface area contributed by atoms with Crippen molar-refractivity contribution in [3.63, 3.8) is 0 Å². The van der Waals surface area contributed by atoms with E-state index in [1.807, 2.05) is 25.1 Å². The summed E-state index contributed by atoms with van der Waals surface area (Å²) in [6, 6.07) is 5.87. The van der Waals surface area contributed by atoms with Gasteiger partial charge in [0.15, 0.2) is 0 Å². The number of imidazole rings is 1. The van der Waals surface area contributed by atoms with Crippen LogP contribution in [0.1, 0.15) is 5.56 Å². The van der Waals surface area contributed by atoms with E-state index in [1.54, 1.807) is 16.2 Å². The first-order valence-electron chi connectivity index (χ1n) is 4.92. The van der Waals surface area contributed by atoms with Gasteiger partial charge in [-0.15, -0.1) is 0 Å². The summed E-state index contributed by atoms with van der Waals surface area (Å²) in [6.45, 7) is 2.31. The fraction of sp³-hybridized carbons (Fsp3) is 0.364. The van der Waals surface area contributed by atoms with Crippen LogP contribution in [0.4, 0.5) is 0 Å². The van der Waals surface area contributed by atoms with E-state index in [-0.39, 0.29) is 12.3 Å². The van der Waals surface area contributed by atoms with Gasteiger partial charge in [-0.25, -0.2) is 4.79 Å². The molecule has 2 aromatic rings. The second-order valence-electron chi connectivity index (χ2n) is 3.71. The molecule has 0 aliphatic rings. The SMILES string of the molecule is Cc1ccc2c(c1)n(CCO)c(=O)n2C. The first kappa shape index (κ1) is 9.98. The summed E-state index contributed by atoms with van der Waals surface area (Å²) in [4.78, 5) is 11.8. The molecule has 4 nitrogen and oxygen atoms in total. The number of aryl methyl sites for hydroxylation is 2. The van der Waals surface area contributed by atoms with Crippen molar-refractivity contribution in [3.05, 3.63) is 34.2 Å². The Labute approximate surface area is 87.4 Å². The van der Waals surface area contributed by atoms with Crippen LogP contribution in [-0.2, 0) is 13.6 Å². The third-order valence-electron chi connectivity index (χ3n) is 2.62. The molecule has 0 fully saturated rings. The summed E-state index contributed by atoms with van der Waals surface area (Å²) in [5, 5.41) is 8.91. The highest BCUT2D eigenvalue weighted by atomic mass is 16.3. The van der Waals surface area contributed by atoms with Gasteiger partial charge in [0, 0.05) is 7.05 Å². The molecule has 1 heterocycles. The van der Waals surface area contributed by atoms with Crippen molar-refractivity contribution in [3.8, 4) is 0 Å². The van der Waals surface area contributed by atoms with E-state index in [4.69, 9.17) is 5.11 Å². The van der Waals surface area contributed by atoms with E-state index >= 15 is 0 Å². The predicted molar refractivity (Wildman–Crippen MR) is 59.0 cm³/mol. The number of fused-ring (bicyclic) bond motifs is 1. The van der Waals surface area contributed by atoms with E-state index in [0.29, 0.717) is 6.54 Å². The lowest BCUT2D eigenvalue weighted by Crippen LogP contribution is -2.23. The Kier molecular flexibility index (Phi) is 2.36. The van der Waals surface area contributed by atoms with Crippen LogP contribution in [0, 0.1) is 6.92 Å². The van der Waals surface area contributed by atoms with Gasteiger partial charge in [0.2, 0.25) is 0 Å². The molecule has 2 rings (SSSR count). The van der Waals surface area contributed by atoms with Crippen LogP contribution in [0.3, 0.4) is 0 Å². The van der Waals surface area contributed by atoms with Gasteiger partial charge in [0.25, 0.3) is 0 Å². The van der Waals surface area contributed by atoms with E-state index in [9.17, 15) is 4.79 Å². The summed E-state index contributed by atoms with van der Waals surface area (Å²) in [6.07, 6.45) is 0. The van der Waals surface area contributed by atoms with Crippen molar-refractivity contribution in [2.75, 3.05) is 6.61 Å². The van der Waals surface area contributed by atoms with Crippen LogP contribution < -0.4 is 5.69 Å². The zero-order chi connectivity index (χ0) is 11.0. The van der Waals surface area contributed by atoms with E-state index in [2.05, 4.69) is 0 Å². The molecule has 15 heavy (non-hydrogen) atoms. The normalized spacial score (nSPS) is 11.1. The Hall–Kier alpha value is -1.55. The second kappa shape index (κ2) is 3.55. The average molecular weight is 206 g/mol. The Morgan fingerprint density at radius 1 is 1.33 bits per heavy atom. The van der Waals surface area contributed by atoms with Crippen LogP contribution in [0.5, 0.6) is 0 Å². The second-order valence-corrected chi connectivity index (χ2v) is 3.71. The average Bonchev–Trinajstić information content (AvgIpc) is 2.44. The summed E-state index contributed by atoms with van der Waals surface area (Å²) in [7, 11) is 1.74. The number of nitrogens with zero attached hydrogens (tertiary/aromatic N) is 2. The van der Waals surface area contributed by atoms with Gasteiger partial charge in [0.1, 0.15) is 0 Å². The van der Waals surface area contributed by atoms with Gasteiger partial charge in [-0.1, -0.05) is 6.07 Å². The monoisotopic (exact) mass is 206 g/mol. The van der Waals surface area contributed by atoms with E-state index in [0.717, 1.165) is 16.6 Å². The molecule has 1 aromatic carbocycles. The highest BCUT2D eigenvalue weighted by molar-refractivity contribution is 5.76. The van der Waals surface area contributed by atoms with Crippen LogP contribution in [-0.4, -0.2) is 20.8 Å². The van der Waals surface area contributed by atoms with Gasteiger partial charge < -0.3 is 5.11 Å². The third kappa shape index (κ3) is 1.47. The summed E-state index contributed by atoms with van der Waals surface area (Å²) >= 11 is 0. The zero-order valence-electron chi connectivity index (χ0n) is 8.90. The fourth-order valence-corrected chi connectivity index (χ4v) is 1.84. The molecule has 0 atom stereocenters. The molecule has 0 aliphatic carbocycles. The molecular formula is C11H14N2O2. The molecule has 1 N–H and O–H groups in total. The molecule has 0 saturated heterocycles. The number of aromatic nitrogens is 2. The van der Waals surface area contributed by atoms with Gasteiger partial charge in [-0.3, -0.25) is 9.13 Å². The van der Waals surface area contributed by atoms with Gasteiger partial charge in [-0.05, 0) is 24.6 Å². The summed E-state index contributed by atoms with van der Waals surface area (Å²) in [5.41, 5.74) is 2.82. The smallest absolute Gasteiger partial charge is 0.328 e. The first-order chi connectivity index (χ1) is 7.15. The maximum Gasteiger partial charge on any atom is 0.328 e. The molecule has 0 aliphatic heterocycles. The highest BCUT2D eigenvalue weighted by Crippen LogP contribution is 2.13. The lowest BCUT2D eigenvalue weighted by molar-refractivity contribution is 0.275. The standard InChI is InChI=1S/C11H14N2O2/c1-8-3-4-9-10(7-8)13(5-6-14)11(15)12(9)2/h3-4,7,14H,5-6H2,1-2H3. The summed E-state index contributed by atoms with van der Waals surface area (Å²) < 4.78 is 3.20. The Balaban J connectivity index is 2.82. The van der Waals surface area contributed by atoms with Gasteiger partial charge in [0.05, 0.1) is 24.2 Å². The molecule has 0 amide bonds. The van der Waals surface area contributed by atoms with Crippen molar-refractivity contribution < 1.29 is 5.11 Å². The Bertz CT molecular complexity index is 551. The molecule has 0 spiro atoms. The lowest BCUT2D eigenvalue weighted by atomic mass is 10.2. The molecular weight excluding hydrogens is 192 g/mol. The Morgan fingerprint density at radius 3 is 2.73 bits per heavy atom. The maximum absolute atomic E-state index is 11.8. The minimum Gasteiger partial charge on any atom is -0.395 e. The molecule has 4 heteroatoms. The predicted octanol–water partition coefficient (Wildman–Crippen LogP) is 0.641. The van der Waals surface area contributed by atoms with Crippen molar-refractivity contribution in [1.29, 1.82) is 0 Å². The Morgan fingerprint density at radius 2 is 2.07 bits per heavy atom. The molecule has 80 valence electrons. The number of rotatable bonds is 2.